The number of allylic oxidation sites excluding steroid dienone is 6. The summed E-state index contributed by atoms with van der Waals surface area (Å²) in [4.78, 5) is 95.9. The van der Waals surface area contributed by atoms with E-state index >= 15 is 0 Å². The number of aliphatic hydroxyl groups excluding tert-OH is 1. The molecule has 19 nitrogen and oxygen atoms in total. The number of esters is 1. The van der Waals surface area contributed by atoms with Crippen molar-refractivity contribution in [3.8, 4) is 5.75 Å². The van der Waals surface area contributed by atoms with E-state index in [1.807, 2.05) is 51.2 Å². The van der Waals surface area contributed by atoms with Gasteiger partial charge in [-0.2, -0.15) is 0 Å². The second-order valence-corrected chi connectivity index (χ2v) is 21.8. The number of methoxy groups -OCH3 is 3. The molecule has 2 bridgehead atoms. The van der Waals surface area contributed by atoms with Crippen molar-refractivity contribution in [3.05, 3.63) is 82.0 Å². The van der Waals surface area contributed by atoms with Crippen molar-refractivity contribution in [1.29, 1.82) is 0 Å². The normalized spacial score (nSPS) is 35.7. The van der Waals surface area contributed by atoms with Gasteiger partial charge >= 0.3 is 12.1 Å². The lowest BCUT2D eigenvalue weighted by atomic mass is 9.78. The number of carbonyl (C=O) groups is 6. The van der Waals surface area contributed by atoms with Crippen molar-refractivity contribution < 1.29 is 77.1 Å². The van der Waals surface area contributed by atoms with Crippen LogP contribution in [0.2, 0.25) is 0 Å². The molecule has 4 aliphatic rings. The van der Waals surface area contributed by atoms with Crippen LogP contribution in [0.4, 0.5) is 10.5 Å². The van der Waals surface area contributed by atoms with Crippen LogP contribution in [0.1, 0.15) is 126 Å². The second-order valence-electron chi connectivity index (χ2n) is 21.8. The first-order valence-corrected chi connectivity index (χ1v) is 27.1. The molecule has 0 unspecified atom stereocenters. The Hall–Kier alpha value is -5.44. The van der Waals surface area contributed by atoms with Crippen molar-refractivity contribution in [1.82, 2.24) is 4.90 Å². The number of fused-ring (bicyclic) bond motifs is 3. The van der Waals surface area contributed by atoms with Gasteiger partial charge < -0.3 is 48.3 Å². The highest BCUT2D eigenvalue weighted by Crippen LogP contribution is 2.38. The molecule has 3 fully saturated rings. The van der Waals surface area contributed by atoms with E-state index in [9.17, 15) is 49.1 Å². The number of rotatable bonds is 9. The number of non-ortho nitro benzene ring substituents is 1. The Balaban J connectivity index is 1.42. The standard InChI is InChI=1S/C58H82N2O17/c1-34-16-12-11-13-17-35(2)48(71-8)32-44-23-19-40(7)58(68,77-44)54(64)55(65)59-27-15-14-18-45(59)56(66)75-49(33-46(61)36(3)29-39(6)52(63)53(73-10)51(62)38(5)28-34)37(4)30-41-20-26-47(50(31-41)72-9)76-57(67)74-43-24-21-42(22-25-43)60(69)70/h11-13,16-17,21-22,24-25,29,34,36-38,40-41,44-45,47-50,52-53,63,68H,14-15,18-20,23,26-28,30-33H2,1-10H3/b13-11+,16-12-,35-17+,39-29+/t34-,36-,37-,38-,40-,41+,44+,45+,47-,48+,49+,50-,52-,53+,58-/m1/s1. The number of nitro groups is 1. The fourth-order valence-corrected chi connectivity index (χ4v) is 11.1. The van der Waals surface area contributed by atoms with Gasteiger partial charge in [-0.3, -0.25) is 29.3 Å². The minimum atomic E-state index is -2.48. The summed E-state index contributed by atoms with van der Waals surface area (Å²) in [5, 5.41) is 34.6. The van der Waals surface area contributed by atoms with Gasteiger partial charge in [0.05, 0.1) is 23.2 Å². The zero-order chi connectivity index (χ0) is 56.7. The molecule has 426 valence electrons. The van der Waals surface area contributed by atoms with Gasteiger partial charge in [0.15, 0.2) is 5.78 Å². The van der Waals surface area contributed by atoms with Crippen LogP contribution < -0.4 is 4.74 Å². The van der Waals surface area contributed by atoms with Crippen LogP contribution in [-0.4, -0.2) is 138 Å². The maximum Gasteiger partial charge on any atom is 0.514 e. The molecule has 1 aromatic carbocycles. The SMILES string of the molecule is CO[C@H]1C[C@@H]2CC[C@@H](C)[C@@](O)(O2)C(=O)C(=O)N2CCCC[C@H]2C(=O)O[C@H]([C@H](C)C[C@@H]2CC[C@@H](OC(=O)Oc3ccc([N+](=O)[O-])cc3)[C@H](OC)C2)CC(=O)[C@H](C)/C=C(\C)[C@@H](O)[C@@H](OC)C(=O)[C@H](C)C[C@H](C)\C=C/C=C/C=C/1C. The van der Waals surface area contributed by atoms with E-state index in [2.05, 4.69) is 0 Å². The van der Waals surface area contributed by atoms with E-state index in [-0.39, 0.29) is 60.6 Å². The number of hydrogen-bond acceptors (Lipinski definition) is 17. The van der Waals surface area contributed by atoms with E-state index in [0.717, 1.165) is 10.5 Å². The smallest absolute Gasteiger partial charge is 0.460 e. The average Bonchev–Trinajstić information content (AvgIpc) is 3.41. The maximum absolute atomic E-state index is 14.6. The van der Waals surface area contributed by atoms with Crippen LogP contribution in [0.25, 0.3) is 0 Å². The average molecular weight is 1080 g/mol. The lowest BCUT2D eigenvalue weighted by Crippen LogP contribution is -2.61. The van der Waals surface area contributed by atoms with Crippen LogP contribution in [0.3, 0.4) is 0 Å². The van der Waals surface area contributed by atoms with Gasteiger partial charge in [0, 0.05) is 70.6 Å². The molecule has 3 heterocycles. The number of carbonyl (C=O) groups excluding carboxylic acids is 6. The van der Waals surface area contributed by atoms with Crippen molar-refractivity contribution in [3.63, 3.8) is 0 Å². The lowest BCUT2D eigenvalue weighted by Gasteiger charge is -2.42. The second kappa shape index (κ2) is 29.0. The molecule has 1 amide bonds. The number of hydrogen-bond donors (Lipinski definition) is 2. The summed E-state index contributed by atoms with van der Waals surface area (Å²) in [7, 11) is 4.41. The van der Waals surface area contributed by atoms with Crippen molar-refractivity contribution in [2.75, 3.05) is 27.9 Å². The molecular formula is C58H82N2O17. The Morgan fingerprint density at radius 3 is 2.25 bits per heavy atom. The predicted molar refractivity (Wildman–Crippen MR) is 283 cm³/mol. The Kier molecular flexibility index (Phi) is 23.5. The van der Waals surface area contributed by atoms with E-state index in [0.29, 0.717) is 63.4 Å². The number of cyclic esters (lactones) is 1. The third-order valence-electron chi connectivity index (χ3n) is 15.9. The molecule has 77 heavy (non-hydrogen) atoms. The van der Waals surface area contributed by atoms with E-state index in [4.69, 9.17) is 33.2 Å². The van der Waals surface area contributed by atoms with Crippen molar-refractivity contribution >= 4 is 41.1 Å². The summed E-state index contributed by atoms with van der Waals surface area (Å²) in [6.45, 7) is 12.5. The van der Waals surface area contributed by atoms with Crippen LogP contribution in [-0.2, 0) is 52.4 Å². The number of benzene rings is 1. The van der Waals surface area contributed by atoms with Crippen LogP contribution in [0.5, 0.6) is 5.75 Å². The third-order valence-corrected chi connectivity index (χ3v) is 15.9. The molecule has 1 saturated carbocycles. The Morgan fingerprint density at radius 1 is 0.870 bits per heavy atom. The Morgan fingerprint density at radius 2 is 1.58 bits per heavy atom. The largest absolute Gasteiger partial charge is 0.514 e. The summed E-state index contributed by atoms with van der Waals surface area (Å²) < 4.78 is 40.6. The monoisotopic (exact) mass is 1080 g/mol. The predicted octanol–water partition coefficient (Wildman–Crippen LogP) is 8.31. The number of piperidine rings is 1. The van der Waals surface area contributed by atoms with Crippen LogP contribution in [0.15, 0.2) is 71.9 Å². The number of amides is 1. The van der Waals surface area contributed by atoms with Gasteiger partial charge in [0.2, 0.25) is 5.79 Å². The zero-order valence-corrected chi connectivity index (χ0v) is 46.5. The molecule has 2 N–H and O–H groups in total. The minimum absolute atomic E-state index is 0.0150. The topological polar surface area (TPSA) is 254 Å². The van der Waals surface area contributed by atoms with Crippen LogP contribution in [0, 0.1) is 45.6 Å². The van der Waals surface area contributed by atoms with Gasteiger partial charge in [-0.1, -0.05) is 71.1 Å². The maximum atomic E-state index is 14.6. The highest BCUT2D eigenvalue weighted by molar-refractivity contribution is 6.39. The van der Waals surface area contributed by atoms with Crippen molar-refractivity contribution in [2.24, 2.45) is 35.5 Å². The quantitative estimate of drug-likeness (QED) is 0.0589. The van der Waals surface area contributed by atoms with E-state index in [1.54, 1.807) is 40.9 Å². The number of nitrogens with zero attached hydrogens (tertiary/aromatic N) is 2. The lowest BCUT2D eigenvalue weighted by molar-refractivity contribution is -0.384. The van der Waals surface area contributed by atoms with Gasteiger partial charge in [-0.05, 0) is 119 Å². The van der Waals surface area contributed by atoms with Gasteiger partial charge in [0.1, 0.15) is 42.0 Å². The molecule has 5 rings (SSSR count). The molecule has 1 aromatic rings. The molecule has 0 spiro atoms. The number of Topliss-reactive ketones (excluding diaryl/α,β-unsaturated/α-hetero) is 3. The molecule has 2 saturated heterocycles. The fraction of sp³-hybridized carbons (Fsp3) is 0.655. The first kappa shape index (κ1) is 62.4. The van der Waals surface area contributed by atoms with Gasteiger partial charge in [0.25, 0.3) is 17.4 Å². The van der Waals surface area contributed by atoms with E-state index < -0.39 is 107 Å². The minimum Gasteiger partial charge on any atom is -0.460 e. The van der Waals surface area contributed by atoms with Gasteiger partial charge in [-0.15, -0.1) is 0 Å². The molecule has 3 aliphatic heterocycles. The molecule has 15 atom stereocenters. The number of ether oxygens (including phenoxy) is 7. The molecular weight excluding hydrogens is 997 g/mol. The zero-order valence-electron chi connectivity index (χ0n) is 46.5. The Labute approximate surface area is 452 Å². The highest BCUT2D eigenvalue weighted by Gasteiger charge is 2.53. The number of aliphatic hydroxyl groups is 2. The first-order valence-electron chi connectivity index (χ1n) is 27.1. The molecule has 1 aliphatic carbocycles. The number of ketones is 3. The summed E-state index contributed by atoms with van der Waals surface area (Å²) in [6, 6.07) is 3.77. The summed E-state index contributed by atoms with van der Waals surface area (Å²) in [5.41, 5.74) is 1.03. The summed E-state index contributed by atoms with van der Waals surface area (Å²) >= 11 is 0. The fourth-order valence-electron chi connectivity index (χ4n) is 11.1. The summed E-state index contributed by atoms with van der Waals surface area (Å²) in [6.07, 6.45) is 8.42. The highest BCUT2D eigenvalue weighted by atomic mass is 16.7. The van der Waals surface area contributed by atoms with Crippen LogP contribution >= 0.6 is 0 Å². The van der Waals surface area contributed by atoms with E-state index in [1.165, 1.54) is 38.5 Å². The Bertz CT molecular complexity index is 2350. The molecule has 0 radical (unpaired) electrons. The number of nitro benzene ring substituents is 1. The van der Waals surface area contributed by atoms with Gasteiger partial charge in [-0.25, -0.2) is 9.59 Å². The first-order chi connectivity index (χ1) is 36.5. The summed E-state index contributed by atoms with van der Waals surface area (Å²) in [5.74, 6) is -8.71. The van der Waals surface area contributed by atoms with Crippen molar-refractivity contribution in [2.45, 2.75) is 180 Å². The third kappa shape index (κ3) is 16.8. The molecule has 0 aromatic heterocycles. The molecule has 19 heteroatoms.